The third kappa shape index (κ3) is 3.35. The van der Waals surface area contributed by atoms with Gasteiger partial charge in [0.05, 0.1) is 10.2 Å². The van der Waals surface area contributed by atoms with Gasteiger partial charge in [-0.05, 0) is 36.2 Å². The zero-order valence-corrected chi connectivity index (χ0v) is 12.3. The highest BCUT2D eigenvalue weighted by atomic mass is 32.1. The number of rotatable bonds is 3. The van der Waals surface area contributed by atoms with Gasteiger partial charge in [0.2, 0.25) is 0 Å². The number of aryl methyl sites for hydroxylation is 1. The monoisotopic (exact) mass is 298 g/mol. The van der Waals surface area contributed by atoms with E-state index in [0.29, 0.717) is 11.7 Å². The molecule has 0 atom stereocenters. The second-order valence-corrected chi connectivity index (χ2v) is 5.69. The lowest BCUT2D eigenvalue weighted by Crippen LogP contribution is -2.28. The molecule has 3 rings (SSSR count). The second kappa shape index (κ2) is 5.88. The van der Waals surface area contributed by atoms with E-state index in [2.05, 4.69) is 26.7 Å². The first-order valence-electron chi connectivity index (χ1n) is 6.52. The van der Waals surface area contributed by atoms with Gasteiger partial charge >= 0.3 is 6.03 Å². The van der Waals surface area contributed by atoms with Gasteiger partial charge in [0.1, 0.15) is 0 Å². The maximum absolute atomic E-state index is 11.9. The summed E-state index contributed by atoms with van der Waals surface area (Å²) in [5.41, 5.74) is 3.03. The minimum Gasteiger partial charge on any atom is -0.334 e. The molecule has 2 amide bonds. The Morgan fingerprint density at radius 2 is 2.24 bits per heavy atom. The second-order valence-electron chi connectivity index (χ2n) is 4.66. The standard InChI is InChI=1S/C15H14N4OS/c1-10-4-5-12-13(7-10)21-15(18-12)19-14(20)17-9-11-3-2-6-16-8-11/h2-8H,9H2,1H3,(H2,17,18,19,20). The largest absolute Gasteiger partial charge is 0.334 e. The molecule has 0 aliphatic heterocycles. The van der Waals surface area contributed by atoms with Crippen LogP contribution >= 0.6 is 11.3 Å². The predicted molar refractivity (Wildman–Crippen MR) is 84.5 cm³/mol. The minimum absolute atomic E-state index is 0.269. The van der Waals surface area contributed by atoms with Gasteiger partial charge in [0, 0.05) is 18.9 Å². The van der Waals surface area contributed by atoms with Crippen LogP contribution in [0.4, 0.5) is 9.93 Å². The maximum atomic E-state index is 11.9. The van der Waals surface area contributed by atoms with Gasteiger partial charge in [-0.15, -0.1) is 0 Å². The highest BCUT2D eigenvalue weighted by molar-refractivity contribution is 7.22. The Kier molecular flexibility index (Phi) is 3.79. The van der Waals surface area contributed by atoms with E-state index in [1.54, 1.807) is 12.4 Å². The van der Waals surface area contributed by atoms with Crippen molar-refractivity contribution in [1.29, 1.82) is 0 Å². The third-order valence-electron chi connectivity index (χ3n) is 2.94. The van der Waals surface area contributed by atoms with Crippen molar-refractivity contribution in [2.75, 3.05) is 5.32 Å². The van der Waals surface area contributed by atoms with E-state index in [1.807, 2.05) is 31.2 Å². The van der Waals surface area contributed by atoms with Crippen molar-refractivity contribution in [3.8, 4) is 0 Å². The van der Waals surface area contributed by atoms with Crippen molar-refractivity contribution >= 4 is 32.7 Å². The summed E-state index contributed by atoms with van der Waals surface area (Å²) in [6.45, 7) is 2.47. The van der Waals surface area contributed by atoms with E-state index in [9.17, 15) is 4.79 Å². The summed E-state index contributed by atoms with van der Waals surface area (Å²) < 4.78 is 1.07. The number of fused-ring (bicyclic) bond motifs is 1. The van der Waals surface area contributed by atoms with Crippen LogP contribution in [0, 0.1) is 6.92 Å². The van der Waals surface area contributed by atoms with Crippen LogP contribution in [0.15, 0.2) is 42.7 Å². The number of nitrogens with one attached hydrogen (secondary N) is 2. The van der Waals surface area contributed by atoms with Gasteiger partial charge in [-0.25, -0.2) is 9.78 Å². The lowest BCUT2D eigenvalue weighted by molar-refractivity contribution is 0.251. The molecule has 0 saturated carbocycles. The van der Waals surface area contributed by atoms with E-state index in [-0.39, 0.29) is 6.03 Å². The first-order chi connectivity index (χ1) is 10.2. The molecule has 21 heavy (non-hydrogen) atoms. The summed E-state index contributed by atoms with van der Waals surface area (Å²) in [5.74, 6) is 0. The topological polar surface area (TPSA) is 66.9 Å². The molecule has 2 heterocycles. The molecule has 2 aromatic heterocycles. The van der Waals surface area contributed by atoms with Crippen LogP contribution in [-0.2, 0) is 6.54 Å². The number of carbonyl (C=O) groups excluding carboxylic acids is 1. The first-order valence-corrected chi connectivity index (χ1v) is 7.33. The van der Waals surface area contributed by atoms with Crippen molar-refractivity contribution in [3.63, 3.8) is 0 Å². The number of hydrogen-bond acceptors (Lipinski definition) is 4. The number of nitrogens with zero attached hydrogens (tertiary/aromatic N) is 2. The number of aromatic nitrogens is 2. The number of anilines is 1. The zero-order valence-electron chi connectivity index (χ0n) is 11.5. The SMILES string of the molecule is Cc1ccc2nc(NC(=O)NCc3cccnc3)sc2c1. The molecule has 0 aliphatic rings. The Hall–Kier alpha value is -2.47. The molecule has 0 saturated heterocycles. The van der Waals surface area contributed by atoms with Crippen LogP contribution in [0.1, 0.15) is 11.1 Å². The number of amides is 2. The van der Waals surface area contributed by atoms with E-state index >= 15 is 0 Å². The van der Waals surface area contributed by atoms with Crippen molar-refractivity contribution in [3.05, 3.63) is 53.9 Å². The summed E-state index contributed by atoms with van der Waals surface area (Å²) in [7, 11) is 0. The zero-order chi connectivity index (χ0) is 14.7. The number of pyridine rings is 1. The molecule has 5 nitrogen and oxygen atoms in total. The molecule has 0 bridgehead atoms. The van der Waals surface area contributed by atoms with Gasteiger partial charge < -0.3 is 5.32 Å². The molecule has 106 valence electrons. The lowest BCUT2D eigenvalue weighted by atomic mass is 10.2. The molecule has 0 spiro atoms. The van der Waals surface area contributed by atoms with Crippen LogP contribution in [0.2, 0.25) is 0 Å². The van der Waals surface area contributed by atoms with Gasteiger partial charge in [0.25, 0.3) is 0 Å². The normalized spacial score (nSPS) is 10.5. The molecule has 0 unspecified atom stereocenters. The van der Waals surface area contributed by atoms with E-state index < -0.39 is 0 Å². The number of thiazole rings is 1. The molecule has 2 N–H and O–H groups in total. The number of benzene rings is 1. The van der Waals surface area contributed by atoms with Gasteiger partial charge in [0.15, 0.2) is 5.13 Å². The highest BCUT2D eigenvalue weighted by Crippen LogP contribution is 2.26. The molecule has 1 aromatic carbocycles. The molecule has 0 radical (unpaired) electrons. The van der Waals surface area contributed by atoms with Crippen LogP contribution < -0.4 is 10.6 Å². The average Bonchev–Trinajstić information content (AvgIpc) is 2.87. The number of hydrogen-bond donors (Lipinski definition) is 2. The van der Waals surface area contributed by atoms with Crippen molar-refractivity contribution in [2.24, 2.45) is 0 Å². The smallest absolute Gasteiger partial charge is 0.321 e. The van der Waals surface area contributed by atoms with E-state index in [4.69, 9.17) is 0 Å². The Labute approximate surface area is 126 Å². The number of urea groups is 1. The Morgan fingerprint density at radius 1 is 1.33 bits per heavy atom. The molecular formula is C15H14N4OS. The molecule has 0 fully saturated rings. The predicted octanol–water partition coefficient (Wildman–Crippen LogP) is 3.32. The lowest BCUT2D eigenvalue weighted by Gasteiger charge is -2.04. The van der Waals surface area contributed by atoms with Crippen molar-refractivity contribution in [1.82, 2.24) is 15.3 Å². The third-order valence-corrected chi connectivity index (χ3v) is 3.87. The van der Waals surface area contributed by atoms with Crippen molar-refractivity contribution in [2.45, 2.75) is 13.5 Å². The van der Waals surface area contributed by atoms with Gasteiger partial charge in [-0.2, -0.15) is 0 Å². The quantitative estimate of drug-likeness (QED) is 0.779. The van der Waals surface area contributed by atoms with Crippen molar-refractivity contribution < 1.29 is 4.79 Å². The van der Waals surface area contributed by atoms with Crippen LogP contribution in [0.25, 0.3) is 10.2 Å². The minimum atomic E-state index is -0.269. The fraction of sp³-hybridized carbons (Fsp3) is 0.133. The Bertz CT molecular complexity index is 770. The highest BCUT2D eigenvalue weighted by Gasteiger charge is 2.07. The Balaban J connectivity index is 1.63. The summed E-state index contributed by atoms with van der Waals surface area (Å²) >= 11 is 1.47. The average molecular weight is 298 g/mol. The maximum Gasteiger partial charge on any atom is 0.321 e. The summed E-state index contributed by atoms with van der Waals surface area (Å²) in [5, 5.41) is 6.13. The van der Waals surface area contributed by atoms with Crippen LogP contribution in [-0.4, -0.2) is 16.0 Å². The van der Waals surface area contributed by atoms with Crippen LogP contribution in [0.3, 0.4) is 0 Å². The molecular weight excluding hydrogens is 284 g/mol. The van der Waals surface area contributed by atoms with Gasteiger partial charge in [-0.1, -0.05) is 23.5 Å². The van der Waals surface area contributed by atoms with Crippen LogP contribution in [0.5, 0.6) is 0 Å². The summed E-state index contributed by atoms with van der Waals surface area (Å²) in [4.78, 5) is 20.2. The summed E-state index contributed by atoms with van der Waals surface area (Å²) in [6, 6.07) is 9.51. The molecule has 0 aliphatic carbocycles. The fourth-order valence-electron chi connectivity index (χ4n) is 1.91. The number of carbonyl (C=O) groups is 1. The Morgan fingerprint density at radius 3 is 3.05 bits per heavy atom. The van der Waals surface area contributed by atoms with E-state index in [1.165, 1.54) is 16.9 Å². The molecule has 3 aromatic rings. The molecule has 6 heteroatoms. The van der Waals surface area contributed by atoms with E-state index in [0.717, 1.165) is 15.8 Å². The van der Waals surface area contributed by atoms with Gasteiger partial charge in [-0.3, -0.25) is 10.3 Å². The first kappa shape index (κ1) is 13.5. The summed E-state index contributed by atoms with van der Waals surface area (Å²) in [6.07, 6.45) is 3.42. The fourth-order valence-corrected chi connectivity index (χ4v) is 2.87.